The van der Waals surface area contributed by atoms with E-state index in [1.54, 1.807) is 0 Å². The van der Waals surface area contributed by atoms with E-state index in [0.717, 1.165) is 35.9 Å². The molecule has 0 aliphatic carbocycles. The molecule has 0 saturated heterocycles. The number of halogens is 1. The molecule has 1 N–H and O–H groups in total. The highest BCUT2D eigenvalue weighted by atomic mass is 35.5. The Morgan fingerprint density at radius 3 is 2.64 bits per heavy atom. The lowest BCUT2D eigenvalue weighted by atomic mass is 10.2. The van der Waals surface area contributed by atoms with Crippen LogP contribution in [0.5, 0.6) is 0 Å². The van der Waals surface area contributed by atoms with Crippen molar-refractivity contribution in [2.75, 3.05) is 13.6 Å². The highest BCUT2D eigenvalue weighted by molar-refractivity contribution is 6.30. The molecule has 0 unspecified atom stereocenters. The van der Waals surface area contributed by atoms with Gasteiger partial charge in [-0.05, 0) is 49.4 Å². The van der Waals surface area contributed by atoms with Crippen LogP contribution in [0.25, 0.3) is 11.0 Å². The topological polar surface area (TPSA) is 29.9 Å². The lowest BCUT2D eigenvalue weighted by Gasteiger charge is -2.10. The average Bonchev–Trinajstić information content (AvgIpc) is 2.84. The van der Waals surface area contributed by atoms with E-state index >= 15 is 0 Å². The van der Waals surface area contributed by atoms with Crippen molar-refractivity contribution in [2.45, 2.75) is 19.9 Å². The van der Waals surface area contributed by atoms with E-state index in [1.165, 1.54) is 16.6 Å². The molecular weight excluding hydrogens is 294 g/mol. The first-order valence-corrected chi connectivity index (χ1v) is 7.90. The summed E-state index contributed by atoms with van der Waals surface area (Å²) in [6.45, 7) is 3.84. The van der Waals surface area contributed by atoms with Crippen LogP contribution in [-0.2, 0) is 13.0 Å². The maximum Gasteiger partial charge on any atom is 0.111 e. The van der Waals surface area contributed by atoms with Crippen molar-refractivity contribution in [3.05, 3.63) is 64.4 Å². The first kappa shape index (κ1) is 15.1. The summed E-state index contributed by atoms with van der Waals surface area (Å²) in [6.07, 6.45) is 0.915. The van der Waals surface area contributed by atoms with Crippen molar-refractivity contribution in [3.63, 3.8) is 0 Å². The zero-order valence-electron chi connectivity index (χ0n) is 12.9. The number of hydrogen-bond donors (Lipinski definition) is 1. The minimum Gasteiger partial charge on any atom is -0.323 e. The zero-order chi connectivity index (χ0) is 15.5. The van der Waals surface area contributed by atoms with Gasteiger partial charge in [0.15, 0.2) is 0 Å². The SMILES string of the molecule is CNCCc1nc2cc(C)ccc2n1Cc1ccc(Cl)cc1. The number of nitrogens with zero attached hydrogens (tertiary/aromatic N) is 2. The van der Waals surface area contributed by atoms with Crippen LogP contribution in [0.2, 0.25) is 5.02 Å². The normalized spacial score (nSPS) is 11.2. The largest absolute Gasteiger partial charge is 0.323 e. The Kier molecular flexibility index (Phi) is 4.46. The molecule has 0 fully saturated rings. The molecule has 0 aliphatic rings. The van der Waals surface area contributed by atoms with Gasteiger partial charge in [0, 0.05) is 24.5 Å². The summed E-state index contributed by atoms with van der Waals surface area (Å²) in [5.41, 5.74) is 4.73. The summed E-state index contributed by atoms with van der Waals surface area (Å²) >= 11 is 5.98. The van der Waals surface area contributed by atoms with Gasteiger partial charge in [-0.15, -0.1) is 0 Å². The molecule has 2 aromatic carbocycles. The molecule has 0 spiro atoms. The fourth-order valence-corrected chi connectivity index (χ4v) is 2.79. The number of fused-ring (bicyclic) bond motifs is 1. The standard InChI is InChI=1S/C18H20ClN3/c1-13-3-8-17-16(11-13)21-18(9-10-20-2)22(17)12-14-4-6-15(19)7-5-14/h3-8,11,20H,9-10,12H2,1-2H3. The van der Waals surface area contributed by atoms with Gasteiger partial charge >= 0.3 is 0 Å². The van der Waals surface area contributed by atoms with E-state index in [1.807, 2.05) is 19.2 Å². The van der Waals surface area contributed by atoms with E-state index in [0.29, 0.717) is 0 Å². The van der Waals surface area contributed by atoms with E-state index in [2.05, 4.69) is 47.1 Å². The first-order chi connectivity index (χ1) is 10.7. The Morgan fingerprint density at radius 1 is 1.14 bits per heavy atom. The number of likely N-dealkylation sites (N-methyl/N-ethyl adjacent to an activating group) is 1. The number of rotatable bonds is 5. The van der Waals surface area contributed by atoms with E-state index < -0.39 is 0 Å². The second kappa shape index (κ2) is 6.51. The fourth-order valence-electron chi connectivity index (χ4n) is 2.67. The Morgan fingerprint density at radius 2 is 1.91 bits per heavy atom. The van der Waals surface area contributed by atoms with Gasteiger partial charge < -0.3 is 9.88 Å². The van der Waals surface area contributed by atoms with Gasteiger partial charge in [-0.3, -0.25) is 0 Å². The van der Waals surface area contributed by atoms with Crippen LogP contribution in [0.4, 0.5) is 0 Å². The van der Waals surface area contributed by atoms with Gasteiger partial charge in [-0.25, -0.2) is 4.98 Å². The van der Waals surface area contributed by atoms with Crippen LogP contribution < -0.4 is 5.32 Å². The second-order valence-electron chi connectivity index (χ2n) is 5.59. The lowest BCUT2D eigenvalue weighted by molar-refractivity contribution is 0.696. The third-order valence-electron chi connectivity index (χ3n) is 3.84. The molecule has 3 rings (SSSR count). The molecular formula is C18H20ClN3. The highest BCUT2D eigenvalue weighted by Crippen LogP contribution is 2.20. The Labute approximate surface area is 135 Å². The van der Waals surface area contributed by atoms with Crippen LogP contribution in [0.1, 0.15) is 17.0 Å². The van der Waals surface area contributed by atoms with Crippen LogP contribution in [0, 0.1) is 6.92 Å². The number of hydrogen-bond acceptors (Lipinski definition) is 2. The van der Waals surface area contributed by atoms with Gasteiger partial charge in [0.25, 0.3) is 0 Å². The maximum atomic E-state index is 5.98. The number of benzene rings is 2. The fraction of sp³-hybridized carbons (Fsp3) is 0.278. The van der Waals surface area contributed by atoms with Crippen molar-refractivity contribution in [1.29, 1.82) is 0 Å². The molecule has 114 valence electrons. The molecule has 0 amide bonds. The van der Waals surface area contributed by atoms with Crippen LogP contribution in [0.15, 0.2) is 42.5 Å². The molecule has 22 heavy (non-hydrogen) atoms. The molecule has 0 atom stereocenters. The highest BCUT2D eigenvalue weighted by Gasteiger charge is 2.11. The van der Waals surface area contributed by atoms with Crippen LogP contribution in [-0.4, -0.2) is 23.1 Å². The van der Waals surface area contributed by atoms with Gasteiger partial charge in [0.2, 0.25) is 0 Å². The summed E-state index contributed by atoms with van der Waals surface area (Å²) in [7, 11) is 1.97. The van der Waals surface area contributed by atoms with Crippen LogP contribution in [0.3, 0.4) is 0 Å². The molecule has 0 aliphatic heterocycles. The zero-order valence-corrected chi connectivity index (χ0v) is 13.7. The number of aromatic nitrogens is 2. The average molecular weight is 314 g/mol. The predicted molar refractivity (Wildman–Crippen MR) is 92.7 cm³/mol. The number of aryl methyl sites for hydroxylation is 1. The van der Waals surface area contributed by atoms with E-state index in [9.17, 15) is 0 Å². The Balaban J connectivity index is 2.02. The van der Waals surface area contributed by atoms with Crippen molar-refractivity contribution in [1.82, 2.24) is 14.9 Å². The molecule has 3 nitrogen and oxygen atoms in total. The summed E-state index contributed by atoms with van der Waals surface area (Å²) in [6, 6.07) is 14.5. The number of imidazole rings is 1. The van der Waals surface area contributed by atoms with Crippen molar-refractivity contribution in [2.24, 2.45) is 0 Å². The Bertz CT molecular complexity index is 775. The van der Waals surface area contributed by atoms with Crippen molar-refractivity contribution in [3.8, 4) is 0 Å². The van der Waals surface area contributed by atoms with Gasteiger partial charge in [-0.1, -0.05) is 29.8 Å². The van der Waals surface area contributed by atoms with Gasteiger partial charge in [0.05, 0.1) is 11.0 Å². The lowest BCUT2D eigenvalue weighted by Crippen LogP contribution is -2.14. The van der Waals surface area contributed by atoms with Crippen LogP contribution >= 0.6 is 11.6 Å². The second-order valence-corrected chi connectivity index (χ2v) is 6.02. The van der Waals surface area contributed by atoms with E-state index in [-0.39, 0.29) is 0 Å². The third kappa shape index (κ3) is 3.16. The van der Waals surface area contributed by atoms with E-state index in [4.69, 9.17) is 16.6 Å². The molecule has 0 bridgehead atoms. The summed E-state index contributed by atoms with van der Waals surface area (Å²) < 4.78 is 2.30. The van der Waals surface area contributed by atoms with Crippen molar-refractivity contribution < 1.29 is 0 Å². The maximum absolute atomic E-state index is 5.98. The van der Waals surface area contributed by atoms with Gasteiger partial charge in [0.1, 0.15) is 5.82 Å². The molecule has 4 heteroatoms. The third-order valence-corrected chi connectivity index (χ3v) is 4.09. The summed E-state index contributed by atoms with van der Waals surface area (Å²) in [5, 5.41) is 3.97. The van der Waals surface area contributed by atoms with Gasteiger partial charge in [-0.2, -0.15) is 0 Å². The predicted octanol–water partition coefficient (Wildman–Crippen LogP) is 3.81. The smallest absolute Gasteiger partial charge is 0.111 e. The quantitative estimate of drug-likeness (QED) is 0.776. The minimum absolute atomic E-state index is 0.769. The molecule has 1 aromatic heterocycles. The first-order valence-electron chi connectivity index (χ1n) is 7.52. The molecule has 3 aromatic rings. The monoisotopic (exact) mass is 313 g/mol. The summed E-state index contributed by atoms with van der Waals surface area (Å²) in [4.78, 5) is 4.82. The summed E-state index contributed by atoms with van der Waals surface area (Å²) in [5.74, 6) is 1.12. The minimum atomic E-state index is 0.769. The van der Waals surface area contributed by atoms with Crippen molar-refractivity contribution >= 4 is 22.6 Å². The molecule has 0 radical (unpaired) electrons. The number of nitrogens with one attached hydrogen (secondary N) is 1. The molecule has 0 saturated carbocycles. The molecule has 1 heterocycles. The Hall–Kier alpha value is -1.84.